The second-order valence-corrected chi connectivity index (χ2v) is 4.95. The number of rotatable bonds is 9. The second-order valence-electron chi connectivity index (χ2n) is 4.95. The van der Waals surface area contributed by atoms with E-state index < -0.39 is 5.91 Å². The number of nitrogens with two attached hydrogens (primary N) is 1. The van der Waals surface area contributed by atoms with Gasteiger partial charge in [-0.2, -0.15) is 0 Å². The van der Waals surface area contributed by atoms with E-state index in [-0.39, 0.29) is 11.5 Å². The van der Waals surface area contributed by atoms with Crippen LogP contribution in [0, 0.1) is 0 Å². The number of hydrogen-bond acceptors (Lipinski definition) is 4. The predicted octanol–water partition coefficient (Wildman–Crippen LogP) is 2.58. The Balaban J connectivity index is 2.64. The topological polar surface area (TPSA) is 99.7 Å². The van der Waals surface area contributed by atoms with Crippen LogP contribution in [0.25, 0.3) is 0 Å². The molecule has 0 atom stereocenters. The molecule has 3 N–H and O–H groups in total. The molecule has 7 heteroatoms. The van der Waals surface area contributed by atoms with Crippen molar-refractivity contribution in [1.82, 2.24) is 15.0 Å². The molecule has 1 aromatic heterocycles. The lowest BCUT2D eigenvalue weighted by atomic mass is 10.1. The number of carbonyl (C=O) groups is 1. The summed E-state index contributed by atoms with van der Waals surface area (Å²) >= 11 is 0. The Labute approximate surface area is 119 Å². The maximum atomic E-state index is 11.3. The zero-order chi connectivity index (χ0) is 15.0. The third kappa shape index (κ3) is 5.38. The van der Waals surface area contributed by atoms with Crippen LogP contribution >= 0.6 is 0 Å². The normalized spacial score (nSPS) is 11.2. The number of aromatic amines is 1. The van der Waals surface area contributed by atoms with Crippen molar-refractivity contribution in [3.05, 3.63) is 11.5 Å². The van der Waals surface area contributed by atoms with Gasteiger partial charge in [-0.3, -0.25) is 9.80 Å². The molecule has 0 bridgehead atoms. The first-order valence-electron chi connectivity index (χ1n) is 7.02. The highest BCUT2D eigenvalue weighted by atomic mass is 16.1. The van der Waals surface area contributed by atoms with E-state index in [1.54, 1.807) is 14.1 Å². The molecule has 0 aromatic carbocycles. The van der Waals surface area contributed by atoms with E-state index >= 15 is 0 Å². The molecular formula is C13H24N6O. The molecule has 0 saturated heterocycles. The average molecular weight is 280 g/mol. The number of nitrogens with zero attached hydrogens (tertiary/aromatic N) is 4. The number of H-pyrrole nitrogens is 1. The van der Waals surface area contributed by atoms with Gasteiger partial charge in [-0.05, 0) is 6.42 Å². The first kappa shape index (κ1) is 16.1. The minimum Gasteiger partial charge on any atom is -0.364 e. The molecule has 1 aromatic rings. The summed E-state index contributed by atoms with van der Waals surface area (Å²) in [5.41, 5.74) is 5.52. The SMILES string of the molecule is CCCCCCCc1nc(/N=N/N(C)C)c(C(N)=O)[nH]1. The summed E-state index contributed by atoms with van der Waals surface area (Å²) in [6.07, 6.45) is 6.70. The standard InChI is InChI=1S/C13H24N6O/c1-4-5-6-7-8-9-10-15-11(12(14)20)13(16-10)17-18-19(2)3/h4-9H2,1-3H3,(H2,14,20)(H,15,16)/b18-17+. The van der Waals surface area contributed by atoms with Crippen LogP contribution in [0.3, 0.4) is 0 Å². The molecule has 0 saturated carbocycles. The van der Waals surface area contributed by atoms with Crippen LogP contribution in [0.2, 0.25) is 0 Å². The van der Waals surface area contributed by atoms with Crippen LogP contribution in [-0.4, -0.2) is 35.0 Å². The molecule has 0 aliphatic carbocycles. The number of hydrogen-bond donors (Lipinski definition) is 2. The van der Waals surface area contributed by atoms with Crippen molar-refractivity contribution in [2.45, 2.75) is 45.4 Å². The molecule has 112 valence electrons. The van der Waals surface area contributed by atoms with Crippen LogP contribution in [0.5, 0.6) is 0 Å². The van der Waals surface area contributed by atoms with Crippen molar-refractivity contribution in [2.24, 2.45) is 16.1 Å². The van der Waals surface area contributed by atoms with Gasteiger partial charge in [0.1, 0.15) is 5.82 Å². The predicted molar refractivity (Wildman–Crippen MR) is 77.8 cm³/mol. The number of aryl methyl sites for hydroxylation is 1. The molecule has 1 rings (SSSR count). The number of nitrogens with one attached hydrogen (secondary N) is 1. The summed E-state index contributed by atoms with van der Waals surface area (Å²) in [6, 6.07) is 0. The van der Waals surface area contributed by atoms with E-state index in [1.165, 1.54) is 24.3 Å². The minimum absolute atomic E-state index is 0.221. The van der Waals surface area contributed by atoms with Crippen molar-refractivity contribution < 1.29 is 4.79 Å². The molecule has 7 nitrogen and oxygen atoms in total. The Bertz CT molecular complexity index is 452. The average Bonchev–Trinajstić information content (AvgIpc) is 2.79. The number of primary amides is 1. The molecule has 1 amide bonds. The fraction of sp³-hybridized carbons (Fsp3) is 0.692. The molecule has 1 heterocycles. The third-order valence-electron chi connectivity index (χ3n) is 2.82. The Morgan fingerprint density at radius 3 is 2.60 bits per heavy atom. The Morgan fingerprint density at radius 1 is 1.30 bits per heavy atom. The van der Waals surface area contributed by atoms with Crippen LogP contribution in [-0.2, 0) is 6.42 Å². The highest BCUT2D eigenvalue weighted by molar-refractivity contribution is 5.95. The van der Waals surface area contributed by atoms with Gasteiger partial charge in [-0.15, -0.1) is 5.11 Å². The maximum Gasteiger partial charge on any atom is 0.269 e. The van der Waals surface area contributed by atoms with E-state index in [2.05, 4.69) is 27.2 Å². The van der Waals surface area contributed by atoms with Crippen LogP contribution in [0.4, 0.5) is 5.82 Å². The first-order chi connectivity index (χ1) is 9.54. The smallest absolute Gasteiger partial charge is 0.269 e. The van der Waals surface area contributed by atoms with Gasteiger partial charge in [0.05, 0.1) is 0 Å². The maximum absolute atomic E-state index is 11.3. The number of imidazole rings is 1. The minimum atomic E-state index is -0.567. The van der Waals surface area contributed by atoms with Crippen molar-refractivity contribution in [2.75, 3.05) is 14.1 Å². The van der Waals surface area contributed by atoms with E-state index in [0.717, 1.165) is 25.1 Å². The van der Waals surface area contributed by atoms with Crippen molar-refractivity contribution in [3.63, 3.8) is 0 Å². The molecule has 0 spiro atoms. The largest absolute Gasteiger partial charge is 0.364 e. The van der Waals surface area contributed by atoms with E-state index in [9.17, 15) is 4.79 Å². The van der Waals surface area contributed by atoms with Crippen molar-refractivity contribution in [1.29, 1.82) is 0 Å². The molecule has 0 fully saturated rings. The van der Waals surface area contributed by atoms with Crippen LogP contribution in [0.1, 0.15) is 55.3 Å². The van der Waals surface area contributed by atoms with E-state index in [0.29, 0.717) is 0 Å². The molecule has 20 heavy (non-hydrogen) atoms. The van der Waals surface area contributed by atoms with Gasteiger partial charge in [0.2, 0.25) is 5.82 Å². The van der Waals surface area contributed by atoms with Gasteiger partial charge in [-0.1, -0.05) is 37.8 Å². The van der Waals surface area contributed by atoms with Crippen molar-refractivity contribution in [3.8, 4) is 0 Å². The van der Waals surface area contributed by atoms with Gasteiger partial charge in [0.25, 0.3) is 5.91 Å². The fourth-order valence-corrected chi connectivity index (χ4v) is 1.80. The summed E-state index contributed by atoms with van der Waals surface area (Å²) in [7, 11) is 3.49. The Hall–Kier alpha value is -1.92. The summed E-state index contributed by atoms with van der Waals surface area (Å²) in [5.74, 6) is 0.431. The van der Waals surface area contributed by atoms with Crippen LogP contribution < -0.4 is 5.73 Å². The van der Waals surface area contributed by atoms with Gasteiger partial charge >= 0.3 is 0 Å². The summed E-state index contributed by atoms with van der Waals surface area (Å²) in [6.45, 7) is 2.19. The molecule has 0 radical (unpaired) electrons. The van der Waals surface area contributed by atoms with Gasteiger partial charge in [0.15, 0.2) is 5.69 Å². The Kier molecular flexibility index (Phi) is 6.69. The number of carbonyl (C=O) groups excluding carboxylic acids is 1. The molecule has 0 unspecified atom stereocenters. The quantitative estimate of drug-likeness (QED) is 0.413. The summed E-state index contributed by atoms with van der Waals surface area (Å²) in [4.78, 5) is 18.5. The van der Waals surface area contributed by atoms with E-state index in [4.69, 9.17) is 5.73 Å². The number of unbranched alkanes of at least 4 members (excludes halogenated alkanes) is 4. The van der Waals surface area contributed by atoms with Gasteiger partial charge in [-0.25, -0.2) is 4.98 Å². The number of aromatic nitrogens is 2. The summed E-state index contributed by atoms with van der Waals surface area (Å²) < 4.78 is 0. The molecular weight excluding hydrogens is 256 g/mol. The lowest BCUT2D eigenvalue weighted by Gasteiger charge is -1.99. The second kappa shape index (κ2) is 8.29. The zero-order valence-electron chi connectivity index (χ0n) is 12.5. The Morgan fingerprint density at radius 2 is 2.00 bits per heavy atom. The summed E-state index contributed by atoms with van der Waals surface area (Å²) in [5, 5.41) is 9.28. The number of amides is 1. The highest BCUT2D eigenvalue weighted by Gasteiger charge is 2.14. The highest BCUT2D eigenvalue weighted by Crippen LogP contribution is 2.18. The monoisotopic (exact) mass is 280 g/mol. The fourth-order valence-electron chi connectivity index (χ4n) is 1.80. The lowest BCUT2D eigenvalue weighted by Crippen LogP contribution is -2.11. The first-order valence-corrected chi connectivity index (χ1v) is 7.02. The van der Waals surface area contributed by atoms with Gasteiger partial charge in [0, 0.05) is 20.5 Å². The third-order valence-corrected chi connectivity index (χ3v) is 2.82. The van der Waals surface area contributed by atoms with Crippen LogP contribution in [0.15, 0.2) is 10.3 Å². The molecule has 0 aliphatic heterocycles. The van der Waals surface area contributed by atoms with Crippen molar-refractivity contribution >= 4 is 11.7 Å². The lowest BCUT2D eigenvalue weighted by molar-refractivity contribution is 0.0996. The zero-order valence-corrected chi connectivity index (χ0v) is 12.5. The van der Waals surface area contributed by atoms with E-state index in [1.807, 2.05) is 0 Å². The molecule has 0 aliphatic rings. The van der Waals surface area contributed by atoms with Gasteiger partial charge < -0.3 is 10.7 Å².